The van der Waals surface area contributed by atoms with E-state index in [0.29, 0.717) is 11.6 Å². The molecule has 1 amide bonds. The second-order valence-electron chi connectivity index (χ2n) is 7.37. The van der Waals surface area contributed by atoms with Crippen LogP contribution in [0.4, 0.5) is 27.8 Å². The standard InChI is InChI=1S/C23H26N6O2/c1-2-28-13-15-29(16-14-28)20-9-7-18(8-10-20)25-22-24-12-11-21(27-22)17-3-5-19(6-4-17)26-23(30)31/h3-12,26H,2,13-16H2,1H3,(H,30,31)(H,24,25,27). The summed E-state index contributed by atoms with van der Waals surface area (Å²) in [4.78, 5) is 24.5. The van der Waals surface area contributed by atoms with E-state index in [1.807, 2.05) is 30.3 Å². The monoisotopic (exact) mass is 418 g/mol. The summed E-state index contributed by atoms with van der Waals surface area (Å²) < 4.78 is 0. The first-order valence-corrected chi connectivity index (χ1v) is 10.4. The van der Waals surface area contributed by atoms with Crippen LogP contribution in [0.2, 0.25) is 0 Å². The number of hydrogen-bond acceptors (Lipinski definition) is 6. The fourth-order valence-electron chi connectivity index (χ4n) is 3.63. The van der Waals surface area contributed by atoms with E-state index in [1.54, 1.807) is 18.3 Å². The highest BCUT2D eigenvalue weighted by molar-refractivity contribution is 5.83. The minimum atomic E-state index is -1.09. The Bertz CT molecular complexity index is 1010. The molecule has 1 fully saturated rings. The number of carboxylic acid groups (broad SMARTS) is 1. The van der Waals surface area contributed by atoms with Crippen LogP contribution in [-0.2, 0) is 0 Å². The second kappa shape index (κ2) is 9.44. The zero-order chi connectivity index (χ0) is 21.6. The van der Waals surface area contributed by atoms with Gasteiger partial charge in [0.1, 0.15) is 0 Å². The third-order valence-electron chi connectivity index (χ3n) is 5.40. The van der Waals surface area contributed by atoms with E-state index in [1.165, 1.54) is 5.69 Å². The lowest BCUT2D eigenvalue weighted by Gasteiger charge is -2.35. The molecule has 0 spiro atoms. The summed E-state index contributed by atoms with van der Waals surface area (Å²) in [5.41, 5.74) is 4.30. The molecule has 0 saturated carbocycles. The number of likely N-dealkylation sites (N-methyl/N-ethyl adjacent to an activating group) is 1. The van der Waals surface area contributed by atoms with Gasteiger partial charge >= 0.3 is 6.09 Å². The first kappa shape index (κ1) is 20.6. The van der Waals surface area contributed by atoms with Crippen LogP contribution >= 0.6 is 0 Å². The number of amides is 1. The van der Waals surface area contributed by atoms with Crippen molar-refractivity contribution in [2.24, 2.45) is 0 Å². The van der Waals surface area contributed by atoms with Gasteiger partial charge in [0.15, 0.2) is 0 Å². The number of hydrogen-bond donors (Lipinski definition) is 3. The number of piperazine rings is 1. The van der Waals surface area contributed by atoms with Gasteiger partial charge in [0, 0.05) is 55.0 Å². The lowest BCUT2D eigenvalue weighted by Crippen LogP contribution is -2.46. The Balaban J connectivity index is 1.41. The Hall–Kier alpha value is -3.65. The molecule has 0 atom stereocenters. The number of anilines is 4. The molecule has 8 nitrogen and oxygen atoms in total. The lowest BCUT2D eigenvalue weighted by molar-refractivity contribution is 0.210. The van der Waals surface area contributed by atoms with Crippen LogP contribution in [0.25, 0.3) is 11.3 Å². The average molecular weight is 419 g/mol. The minimum absolute atomic E-state index is 0.509. The predicted octanol–water partition coefficient (Wildman–Crippen LogP) is 4.12. The van der Waals surface area contributed by atoms with Crippen LogP contribution in [0, 0.1) is 0 Å². The summed E-state index contributed by atoms with van der Waals surface area (Å²) in [6.07, 6.45) is 0.617. The maximum absolute atomic E-state index is 10.7. The summed E-state index contributed by atoms with van der Waals surface area (Å²) in [5.74, 6) is 0.509. The van der Waals surface area contributed by atoms with Gasteiger partial charge in [-0.1, -0.05) is 19.1 Å². The SMILES string of the molecule is CCN1CCN(c2ccc(Nc3nccc(-c4ccc(NC(=O)O)cc4)n3)cc2)CC1. The van der Waals surface area contributed by atoms with E-state index in [2.05, 4.69) is 49.5 Å². The van der Waals surface area contributed by atoms with Crippen LogP contribution < -0.4 is 15.5 Å². The van der Waals surface area contributed by atoms with Gasteiger partial charge in [0.05, 0.1) is 5.69 Å². The largest absolute Gasteiger partial charge is 0.465 e. The summed E-state index contributed by atoms with van der Waals surface area (Å²) in [5, 5.41) is 14.4. The van der Waals surface area contributed by atoms with Crippen molar-refractivity contribution < 1.29 is 9.90 Å². The van der Waals surface area contributed by atoms with Gasteiger partial charge in [-0.3, -0.25) is 5.32 Å². The molecule has 1 saturated heterocycles. The Labute approximate surface area is 181 Å². The highest BCUT2D eigenvalue weighted by Crippen LogP contribution is 2.23. The summed E-state index contributed by atoms with van der Waals surface area (Å²) in [7, 11) is 0. The zero-order valence-electron chi connectivity index (χ0n) is 17.5. The van der Waals surface area contributed by atoms with Crippen molar-refractivity contribution in [2.75, 3.05) is 48.3 Å². The molecule has 0 radical (unpaired) electrons. The van der Waals surface area contributed by atoms with E-state index >= 15 is 0 Å². The van der Waals surface area contributed by atoms with Gasteiger partial charge in [0.2, 0.25) is 5.95 Å². The van der Waals surface area contributed by atoms with Gasteiger partial charge in [-0.05, 0) is 49.0 Å². The molecule has 31 heavy (non-hydrogen) atoms. The van der Waals surface area contributed by atoms with Crippen molar-refractivity contribution in [1.29, 1.82) is 0 Å². The second-order valence-corrected chi connectivity index (χ2v) is 7.37. The van der Waals surface area contributed by atoms with Crippen molar-refractivity contribution >= 4 is 29.1 Å². The number of benzene rings is 2. The number of rotatable bonds is 6. The highest BCUT2D eigenvalue weighted by Gasteiger charge is 2.15. The quantitative estimate of drug-likeness (QED) is 0.554. The summed E-state index contributed by atoms with van der Waals surface area (Å²) in [6, 6.07) is 17.2. The molecule has 8 heteroatoms. The first-order chi connectivity index (χ1) is 15.1. The molecule has 1 aromatic heterocycles. The van der Waals surface area contributed by atoms with Crippen LogP contribution in [0.3, 0.4) is 0 Å². The van der Waals surface area contributed by atoms with Crippen molar-refractivity contribution in [1.82, 2.24) is 14.9 Å². The predicted molar refractivity (Wildman–Crippen MR) is 123 cm³/mol. The van der Waals surface area contributed by atoms with Crippen molar-refractivity contribution in [3.05, 3.63) is 60.8 Å². The molecule has 0 unspecified atom stereocenters. The maximum atomic E-state index is 10.7. The van der Waals surface area contributed by atoms with E-state index in [9.17, 15) is 4.79 Å². The number of carbonyl (C=O) groups is 1. The Morgan fingerprint density at radius 3 is 2.29 bits per heavy atom. The Morgan fingerprint density at radius 1 is 0.968 bits per heavy atom. The van der Waals surface area contributed by atoms with Gasteiger partial charge < -0.3 is 20.2 Å². The van der Waals surface area contributed by atoms with E-state index in [0.717, 1.165) is 49.7 Å². The number of nitrogens with one attached hydrogen (secondary N) is 2. The van der Waals surface area contributed by atoms with Crippen molar-refractivity contribution in [2.45, 2.75) is 6.92 Å². The molecule has 2 aromatic carbocycles. The van der Waals surface area contributed by atoms with Gasteiger partial charge in [-0.25, -0.2) is 14.8 Å². The number of nitrogens with zero attached hydrogens (tertiary/aromatic N) is 4. The van der Waals surface area contributed by atoms with Crippen LogP contribution in [0.5, 0.6) is 0 Å². The summed E-state index contributed by atoms with van der Waals surface area (Å²) in [6.45, 7) is 7.62. The maximum Gasteiger partial charge on any atom is 0.409 e. The molecule has 3 aromatic rings. The molecule has 4 rings (SSSR count). The molecule has 1 aliphatic heterocycles. The molecular formula is C23H26N6O2. The Morgan fingerprint density at radius 2 is 1.65 bits per heavy atom. The molecule has 0 bridgehead atoms. The molecule has 1 aliphatic rings. The highest BCUT2D eigenvalue weighted by atomic mass is 16.4. The number of aromatic nitrogens is 2. The van der Waals surface area contributed by atoms with Crippen LogP contribution in [0.1, 0.15) is 6.92 Å². The fraction of sp³-hybridized carbons (Fsp3) is 0.261. The average Bonchev–Trinajstić information content (AvgIpc) is 2.80. The molecule has 160 valence electrons. The fourth-order valence-corrected chi connectivity index (χ4v) is 3.63. The molecule has 0 aliphatic carbocycles. The normalized spacial score (nSPS) is 14.3. The van der Waals surface area contributed by atoms with E-state index < -0.39 is 6.09 Å². The molecule has 3 N–H and O–H groups in total. The Kier molecular flexibility index (Phi) is 6.28. The third kappa shape index (κ3) is 5.29. The van der Waals surface area contributed by atoms with Crippen molar-refractivity contribution in [3.8, 4) is 11.3 Å². The topological polar surface area (TPSA) is 93.6 Å². The van der Waals surface area contributed by atoms with Crippen LogP contribution in [0.15, 0.2) is 60.8 Å². The smallest absolute Gasteiger partial charge is 0.409 e. The zero-order valence-corrected chi connectivity index (χ0v) is 17.5. The first-order valence-electron chi connectivity index (χ1n) is 10.4. The molecular weight excluding hydrogens is 392 g/mol. The van der Waals surface area contributed by atoms with E-state index in [-0.39, 0.29) is 0 Å². The van der Waals surface area contributed by atoms with E-state index in [4.69, 9.17) is 5.11 Å². The molecule has 2 heterocycles. The van der Waals surface area contributed by atoms with Crippen LogP contribution in [-0.4, -0.2) is 58.8 Å². The third-order valence-corrected chi connectivity index (χ3v) is 5.40. The lowest BCUT2D eigenvalue weighted by atomic mass is 10.1. The summed E-state index contributed by atoms with van der Waals surface area (Å²) >= 11 is 0. The minimum Gasteiger partial charge on any atom is -0.465 e. The van der Waals surface area contributed by atoms with Gasteiger partial charge in [0.25, 0.3) is 0 Å². The van der Waals surface area contributed by atoms with Gasteiger partial charge in [-0.2, -0.15) is 0 Å². The van der Waals surface area contributed by atoms with Crippen molar-refractivity contribution in [3.63, 3.8) is 0 Å². The van der Waals surface area contributed by atoms with Gasteiger partial charge in [-0.15, -0.1) is 0 Å².